The number of alkyl halides is 1. The predicted octanol–water partition coefficient (Wildman–Crippen LogP) is 3.61. The SMILES string of the molecule is Cc1nc2nc(N3CCO[C@@H](c4cnn(C)c4)C3)nc([C@H]3CC[C@@H](Cl)CC3)c2nc1C. The molecule has 3 aromatic heterocycles. The van der Waals surface area contributed by atoms with E-state index < -0.39 is 0 Å². The Hall–Kier alpha value is -2.32. The lowest BCUT2D eigenvalue weighted by Gasteiger charge is -2.33. The quantitative estimate of drug-likeness (QED) is 0.574. The first-order valence-electron chi connectivity index (χ1n) is 11.0. The fraction of sp³-hybridized carbons (Fsp3) is 0.591. The van der Waals surface area contributed by atoms with Crippen LogP contribution in [-0.2, 0) is 11.8 Å². The zero-order valence-corrected chi connectivity index (χ0v) is 19.0. The molecule has 2 aliphatic rings. The highest BCUT2D eigenvalue weighted by molar-refractivity contribution is 6.20. The second-order valence-corrected chi connectivity index (χ2v) is 9.29. The molecule has 1 atom stereocenters. The van der Waals surface area contributed by atoms with Gasteiger partial charge in [0.1, 0.15) is 11.6 Å². The number of hydrogen-bond donors (Lipinski definition) is 0. The van der Waals surface area contributed by atoms with Gasteiger partial charge < -0.3 is 9.64 Å². The summed E-state index contributed by atoms with van der Waals surface area (Å²) in [4.78, 5) is 21.7. The highest BCUT2D eigenvalue weighted by Crippen LogP contribution is 2.37. The lowest BCUT2D eigenvalue weighted by Crippen LogP contribution is -2.39. The first-order valence-corrected chi connectivity index (χ1v) is 11.4. The maximum Gasteiger partial charge on any atom is 0.227 e. The Morgan fingerprint density at radius 1 is 1.03 bits per heavy atom. The second-order valence-electron chi connectivity index (χ2n) is 8.68. The molecule has 164 valence electrons. The van der Waals surface area contributed by atoms with Crippen molar-refractivity contribution in [2.75, 3.05) is 24.6 Å². The third-order valence-corrected chi connectivity index (χ3v) is 6.88. The average Bonchev–Trinajstić information content (AvgIpc) is 3.21. The molecule has 0 N–H and O–H groups in total. The Morgan fingerprint density at radius 3 is 2.55 bits per heavy atom. The summed E-state index contributed by atoms with van der Waals surface area (Å²) in [7, 11) is 1.92. The van der Waals surface area contributed by atoms with E-state index in [0.29, 0.717) is 30.7 Å². The molecule has 4 heterocycles. The van der Waals surface area contributed by atoms with Crippen LogP contribution < -0.4 is 4.90 Å². The maximum atomic E-state index is 6.37. The van der Waals surface area contributed by atoms with Crippen molar-refractivity contribution >= 4 is 28.7 Å². The normalized spacial score (nSPS) is 24.6. The summed E-state index contributed by atoms with van der Waals surface area (Å²) >= 11 is 6.37. The summed E-state index contributed by atoms with van der Waals surface area (Å²) in [5, 5.41) is 4.55. The molecule has 0 radical (unpaired) electrons. The fourth-order valence-corrected chi connectivity index (χ4v) is 4.76. The van der Waals surface area contributed by atoms with Crippen molar-refractivity contribution in [3.05, 3.63) is 35.0 Å². The van der Waals surface area contributed by atoms with Gasteiger partial charge in [-0.25, -0.2) is 15.0 Å². The first-order chi connectivity index (χ1) is 15.0. The number of hydrogen-bond acceptors (Lipinski definition) is 7. The molecule has 1 saturated heterocycles. The summed E-state index contributed by atoms with van der Waals surface area (Å²) in [6.07, 6.45) is 7.87. The minimum atomic E-state index is -0.0530. The van der Waals surface area contributed by atoms with Crippen molar-refractivity contribution in [1.29, 1.82) is 0 Å². The van der Waals surface area contributed by atoms with Crippen molar-refractivity contribution in [3.63, 3.8) is 0 Å². The van der Waals surface area contributed by atoms with Gasteiger partial charge in [-0.15, -0.1) is 11.6 Å². The minimum Gasteiger partial charge on any atom is -0.370 e. The number of fused-ring (bicyclic) bond motifs is 1. The van der Waals surface area contributed by atoms with Crippen molar-refractivity contribution in [2.45, 2.75) is 56.9 Å². The van der Waals surface area contributed by atoms with Gasteiger partial charge in [-0.1, -0.05) is 0 Å². The van der Waals surface area contributed by atoms with Crippen LogP contribution in [0.25, 0.3) is 11.2 Å². The number of halogens is 1. The van der Waals surface area contributed by atoms with E-state index in [1.165, 1.54) is 0 Å². The number of morpholine rings is 1. The van der Waals surface area contributed by atoms with Gasteiger partial charge in [0.25, 0.3) is 0 Å². The molecule has 0 unspecified atom stereocenters. The molecule has 2 fully saturated rings. The molecule has 3 aromatic rings. The third kappa shape index (κ3) is 4.11. The van der Waals surface area contributed by atoms with E-state index in [1.54, 1.807) is 4.68 Å². The van der Waals surface area contributed by atoms with Crippen LogP contribution in [0.1, 0.15) is 60.4 Å². The largest absolute Gasteiger partial charge is 0.370 e. The topological polar surface area (TPSA) is 81.9 Å². The Labute approximate surface area is 187 Å². The predicted molar refractivity (Wildman–Crippen MR) is 120 cm³/mol. The van der Waals surface area contributed by atoms with E-state index in [9.17, 15) is 0 Å². The summed E-state index contributed by atoms with van der Waals surface area (Å²) in [5.74, 6) is 1.05. The van der Waals surface area contributed by atoms with Crippen molar-refractivity contribution in [3.8, 4) is 0 Å². The number of ether oxygens (including phenoxy) is 1. The van der Waals surface area contributed by atoms with Gasteiger partial charge in [-0.05, 0) is 39.5 Å². The van der Waals surface area contributed by atoms with Gasteiger partial charge >= 0.3 is 0 Å². The molecule has 0 bridgehead atoms. The van der Waals surface area contributed by atoms with Crippen LogP contribution in [0.15, 0.2) is 12.4 Å². The van der Waals surface area contributed by atoms with Crippen LogP contribution >= 0.6 is 11.6 Å². The number of aryl methyl sites for hydroxylation is 3. The molecule has 1 aliphatic carbocycles. The molecule has 1 aliphatic heterocycles. The Balaban J connectivity index is 1.53. The maximum absolute atomic E-state index is 6.37. The van der Waals surface area contributed by atoms with Crippen molar-refractivity contribution in [2.24, 2.45) is 7.05 Å². The standard InChI is InChI=1S/C22H28ClN7O/c1-13-14(2)26-21-20(25-13)19(15-4-6-17(23)7-5-15)27-22(28-21)30-8-9-31-18(12-30)16-10-24-29(3)11-16/h10-11,15,17-18H,4-9,12H2,1-3H3/t15-,17+,18-/m1/s1. The van der Waals surface area contributed by atoms with E-state index in [0.717, 1.165) is 60.4 Å². The lowest BCUT2D eigenvalue weighted by atomic mass is 9.86. The van der Waals surface area contributed by atoms with E-state index in [4.69, 9.17) is 36.3 Å². The molecule has 0 amide bonds. The van der Waals surface area contributed by atoms with Crippen molar-refractivity contribution < 1.29 is 4.74 Å². The van der Waals surface area contributed by atoms with Gasteiger partial charge in [-0.2, -0.15) is 10.1 Å². The van der Waals surface area contributed by atoms with Crippen LogP contribution in [0.2, 0.25) is 0 Å². The van der Waals surface area contributed by atoms with Gasteiger partial charge in [0.2, 0.25) is 5.95 Å². The van der Waals surface area contributed by atoms with Crippen LogP contribution in [0.3, 0.4) is 0 Å². The van der Waals surface area contributed by atoms with Crippen LogP contribution in [0.5, 0.6) is 0 Å². The monoisotopic (exact) mass is 441 g/mol. The summed E-state index contributed by atoms with van der Waals surface area (Å²) in [6, 6.07) is 0. The van der Waals surface area contributed by atoms with E-state index in [-0.39, 0.29) is 11.5 Å². The Bertz CT molecular complexity index is 1090. The fourth-order valence-electron chi connectivity index (χ4n) is 4.51. The van der Waals surface area contributed by atoms with E-state index in [1.807, 2.05) is 33.3 Å². The highest BCUT2D eigenvalue weighted by atomic mass is 35.5. The second kappa shape index (κ2) is 8.31. The molecule has 0 aromatic carbocycles. The van der Waals surface area contributed by atoms with Gasteiger partial charge in [0, 0.05) is 36.6 Å². The van der Waals surface area contributed by atoms with Gasteiger partial charge in [-0.3, -0.25) is 4.68 Å². The molecule has 31 heavy (non-hydrogen) atoms. The molecular formula is C22H28ClN7O. The molecule has 9 heteroatoms. The lowest BCUT2D eigenvalue weighted by molar-refractivity contribution is 0.0392. The summed E-state index contributed by atoms with van der Waals surface area (Å²) in [5.41, 5.74) is 5.44. The molecular weight excluding hydrogens is 414 g/mol. The zero-order chi connectivity index (χ0) is 21.5. The average molecular weight is 442 g/mol. The first kappa shape index (κ1) is 20.6. The number of nitrogens with zero attached hydrogens (tertiary/aromatic N) is 7. The van der Waals surface area contributed by atoms with Crippen LogP contribution in [0, 0.1) is 13.8 Å². The summed E-state index contributed by atoms with van der Waals surface area (Å²) < 4.78 is 7.82. The zero-order valence-electron chi connectivity index (χ0n) is 18.3. The molecule has 1 saturated carbocycles. The smallest absolute Gasteiger partial charge is 0.227 e. The van der Waals surface area contributed by atoms with E-state index in [2.05, 4.69) is 10.00 Å². The van der Waals surface area contributed by atoms with Crippen LogP contribution in [0.4, 0.5) is 5.95 Å². The third-order valence-electron chi connectivity index (χ3n) is 6.45. The van der Waals surface area contributed by atoms with Crippen molar-refractivity contribution in [1.82, 2.24) is 29.7 Å². The number of aromatic nitrogens is 6. The Morgan fingerprint density at radius 2 is 1.81 bits per heavy atom. The van der Waals surface area contributed by atoms with E-state index >= 15 is 0 Å². The van der Waals surface area contributed by atoms with Gasteiger partial charge in [0.15, 0.2) is 5.65 Å². The number of anilines is 1. The number of rotatable bonds is 3. The summed E-state index contributed by atoms with van der Waals surface area (Å²) in [6.45, 7) is 6.02. The highest BCUT2D eigenvalue weighted by Gasteiger charge is 2.29. The minimum absolute atomic E-state index is 0.0530. The molecule has 8 nitrogen and oxygen atoms in total. The molecule has 0 spiro atoms. The Kier molecular flexibility index (Phi) is 5.52. The molecule has 5 rings (SSSR count). The van der Waals surface area contributed by atoms with Crippen LogP contribution in [-0.4, -0.2) is 54.8 Å². The van der Waals surface area contributed by atoms with Gasteiger partial charge in [0.05, 0.1) is 36.4 Å².